The Kier molecular flexibility index (Phi) is 5.08. The van der Waals surface area contributed by atoms with Gasteiger partial charge in [-0.2, -0.15) is 11.8 Å². The lowest BCUT2D eigenvalue weighted by molar-refractivity contribution is 0.262. The summed E-state index contributed by atoms with van der Waals surface area (Å²) < 4.78 is 34.5. The molecule has 0 spiro atoms. The summed E-state index contributed by atoms with van der Waals surface area (Å²) in [5.41, 5.74) is 0.764. The van der Waals surface area contributed by atoms with Gasteiger partial charge in [-0.25, -0.2) is 13.1 Å². The Labute approximate surface area is 142 Å². The third-order valence-corrected chi connectivity index (χ3v) is 6.63. The molecule has 1 atom stereocenters. The molecule has 0 bridgehead atoms. The van der Waals surface area contributed by atoms with Crippen molar-refractivity contribution in [2.24, 2.45) is 5.92 Å². The predicted octanol–water partition coefficient (Wildman–Crippen LogP) is 2.33. The highest BCUT2D eigenvalue weighted by atomic mass is 32.2. The Morgan fingerprint density at radius 3 is 2.78 bits per heavy atom. The van der Waals surface area contributed by atoms with E-state index in [1.165, 1.54) is 0 Å². The van der Waals surface area contributed by atoms with E-state index in [0.717, 1.165) is 36.7 Å². The zero-order chi connectivity index (χ0) is 16.4. The lowest BCUT2D eigenvalue weighted by Gasteiger charge is -2.30. The highest BCUT2D eigenvalue weighted by molar-refractivity contribution is 7.99. The van der Waals surface area contributed by atoms with E-state index in [1.807, 2.05) is 23.9 Å². The first-order valence-electron chi connectivity index (χ1n) is 8.08. The van der Waals surface area contributed by atoms with Gasteiger partial charge in [-0.3, -0.25) is 0 Å². The first-order valence-corrected chi connectivity index (χ1v) is 10.7. The smallest absolute Gasteiger partial charge is 0.246 e. The zero-order valence-electron chi connectivity index (χ0n) is 13.6. The number of nitrogens with zero attached hydrogens (tertiary/aromatic N) is 1. The maximum atomic E-state index is 12.9. The molecule has 0 aromatic heterocycles. The number of rotatable bonds is 3. The second-order valence-electron chi connectivity index (χ2n) is 6.46. The van der Waals surface area contributed by atoms with Crippen LogP contribution in [0.4, 0.5) is 5.69 Å². The molecule has 2 aliphatic rings. The van der Waals surface area contributed by atoms with Crippen LogP contribution in [0.5, 0.6) is 5.75 Å². The van der Waals surface area contributed by atoms with E-state index in [1.54, 1.807) is 6.07 Å². The molecule has 7 heteroatoms. The van der Waals surface area contributed by atoms with Crippen molar-refractivity contribution in [1.82, 2.24) is 4.72 Å². The molecule has 1 saturated heterocycles. The van der Waals surface area contributed by atoms with Gasteiger partial charge in [0.05, 0.1) is 11.7 Å². The third-order valence-electron chi connectivity index (χ3n) is 4.10. The van der Waals surface area contributed by atoms with Gasteiger partial charge in [0.2, 0.25) is 10.0 Å². The molecule has 1 N–H and O–H groups in total. The largest absolute Gasteiger partial charge is 0.490 e. The molecular weight excluding hydrogens is 332 g/mol. The summed E-state index contributed by atoms with van der Waals surface area (Å²) >= 11 is 1.90. The lowest BCUT2D eigenvalue weighted by Crippen LogP contribution is -2.39. The fourth-order valence-corrected chi connectivity index (χ4v) is 5.62. The van der Waals surface area contributed by atoms with Gasteiger partial charge in [-0.15, -0.1) is 0 Å². The van der Waals surface area contributed by atoms with Crippen LogP contribution in [-0.2, 0) is 10.0 Å². The summed E-state index contributed by atoms with van der Waals surface area (Å²) in [7, 11) is -3.58. The number of fused-ring (bicyclic) bond motifs is 1. The maximum Gasteiger partial charge on any atom is 0.246 e. The van der Waals surface area contributed by atoms with Crippen molar-refractivity contribution in [1.29, 1.82) is 0 Å². The van der Waals surface area contributed by atoms with Gasteiger partial charge < -0.3 is 9.64 Å². The summed E-state index contributed by atoms with van der Waals surface area (Å²) in [5.74, 6) is 2.92. The molecule has 0 aliphatic carbocycles. The van der Waals surface area contributed by atoms with Crippen molar-refractivity contribution in [2.45, 2.75) is 31.2 Å². The first-order chi connectivity index (χ1) is 11.0. The van der Waals surface area contributed by atoms with Gasteiger partial charge in [0.1, 0.15) is 17.3 Å². The van der Waals surface area contributed by atoms with Crippen molar-refractivity contribution >= 4 is 27.5 Å². The Bertz CT molecular complexity index is 655. The second kappa shape index (κ2) is 6.91. The van der Waals surface area contributed by atoms with Crippen LogP contribution < -0.4 is 14.4 Å². The normalized spacial score (nSPS) is 24.0. The number of benzene rings is 1. The SMILES string of the molecule is CC(C)C[C@H]1COc2cccc(N3CCSCC3)c2S(=O)(=O)N1. The van der Waals surface area contributed by atoms with Crippen LogP contribution in [0.2, 0.25) is 0 Å². The van der Waals surface area contributed by atoms with Crippen LogP contribution in [0.3, 0.4) is 0 Å². The Hall–Kier alpha value is -0.920. The van der Waals surface area contributed by atoms with Crippen molar-refractivity contribution < 1.29 is 13.2 Å². The standard InChI is InChI=1S/C16H24N2O3S2/c1-12(2)10-13-11-21-15-5-3-4-14(16(15)23(19,20)17-13)18-6-8-22-9-7-18/h3-5,12-13,17H,6-11H2,1-2H3/t13-/m0/s1. The van der Waals surface area contributed by atoms with E-state index in [-0.39, 0.29) is 6.04 Å². The molecule has 2 aliphatic heterocycles. The predicted molar refractivity (Wildman–Crippen MR) is 95.0 cm³/mol. The Morgan fingerprint density at radius 1 is 1.35 bits per heavy atom. The van der Waals surface area contributed by atoms with Crippen molar-refractivity contribution in [3.05, 3.63) is 18.2 Å². The zero-order valence-corrected chi connectivity index (χ0v) is 15.3. The van der Waals surface area contributed by atoms with Gasteiger partial charge in [0.25, 0.3) is 0 Å². The minimum Gasteiger partial charge on any atom is -0.490 e. The third kappa shape index (κ3) is 3.78. The number of nitrogens with one attached hydrogen (secondary N) is 1. The molecule has 1 aromatic rings. The van der Waals surface area contributed by atoms with Crippen LogP contribution >= 0.6 is 11.8 Å². The van der Waals surface area contributed by atoms with Crippen LogP contribution in [0, 0.1) is 5.92 Å². The van der Waals surface area contributed by atoms with Gasteiger partial charge in [0, 0.05) is 24.6 Å². The van der Waals surface area contributed by atoms with Crippen molar-refractivity contribution in [2.75, 3.05) is 36.1 Å². The summed E-state index contributed by atoms with van der Waals surface area (Å²) in [4.78, 5) is 2.46. The topological polar surface area (TPSA) is 58.6 Å². The summed E-state index contributed by atoms with van der Waals surface area (Å²) in [6.07, 6.45) is 0.767. The molecule has 5 nitrogen and oxygen atoms in total. The van der Waals surface area contributed by atoms with Gasteiger partial charge in [-0.05, 0) is 24.5 Å². The molecule has 2 heterocycles. The maximum absolute atomic E-state index is 12.9. The molecule has 0 amide bonds. The highest BCUT2D eigenvalue weighted by Gasteiger charge is 2.32. The second-order valence-corrected chi connectivity index (χ2v) is 9.34. The summed E-state index contributed by atoms with van der Waals surface area (Å²) in [5, 5.41) is 0. The number of sulfonamides is 1. The Morgan fingerprint density at radius 2 is 2.09 bits per heavy atom. The number of hydrogen-bond acceptors (Lipinski definition) is 5. The molecule has 1 fully saturated rings. The van der Waals surface area contributed by atoms with Gasteiger partial charge in [-0.1, -0.05) is 19.9 Å². The number of anilines is 1. The number of ether oxygens (including phenoxy) is 1. The van der Waals surface area contributed by atoms with E-state index < -0.39 is 10.0 Å². The quantitative estimate of drug-likeness (QED) is 0.901. The molecule has 1 aromatic carbocycles. The monoisotopic (exact) mass is 356 g/mol. The van der Waals surface area contributed by atoms with E-state index >= 15 is 0 Å². The highest BCUT2D eigenvalue weighted by Crippen LogP contribution is 2.36. The summed E-state index contributed by atoms with van der Waals surface area (Å²) in [6.45, 7) is 6.29. The molecule has 0 unspecified atom stereocenters. The number of thioether (sulfide) groups is 1. The Balaban J connectivity index is 1.97. The van der Waals surface area contributed by atoms with Gasteiger partial charge >= 0.3 is 0 Å². The van der Waals surface area contributed by atoms with E-state index in [2.05, 4.69) is 23.5 Å². The molecule has 128 valence electrons. The summed E-state index contributed by atoms with van der Waals surface area (Å²) in [6, 6.07) is 5.35. The average Bonchev–Trinajstić information content (AvgIpc) is 2.64. The minimum absolute atomic E-state index is 0.183. The van der Waals surface area contributed by atoms with E-state index in [4.69, 9.17) is 4.74 Å². The van der Waals surface area contributed by atoms with Crippen LogP contribution in [0.25, 0.3) is 0 Å². The molecule has 3 rings (SSSR count). The van der Waals surface area contributed by atoms with Crippen LogP contribution in [-0.4, -0.2) is 45.7 Å². The average molecular weight is 357 g/mol. The first kappa shape index (κ1) is 16.9. The van der Waals surface area contributed by atoms with E-state index in [0.29, 0.717) is 23.2 Å². The fourth-order valence-electron chi connectivity index (χ4n) is 3.13. The molecule has 23 heavy (non-hydrogen) atoms. The van der Waals surface area contributed by atoms with E-state index in [9.17, 15) is 8.42 Å². The number of hydrogen-bond donors (Lipinski definition) is 1. The lowest BCUT2D eigenvalue weighted by atomic mass is 10.1. The van der Waals surface area contributed by atoms with Crippen molar-refractivity contribution in [3.63, 3.8) is 0 Å². The van der Waals surface area contributed by atoms with Crippen LogP contribution in [0.1, 0.15) is 20.3 Å². The van der Waals surface area contributed by atoms with Crippen molar-refractivity contribution in [3.8, 4) is 5.75 Å². The minimum atomic E-state index is -3.58. The fraction of sp³-hybridized carbons (Fsp3) is 0.625. The van der Waals surface area contributed by atoms with Crippen LogP contribution in [0.15, 0.2) is 23.1 Å². The molecular formula is C16H24N2O3S2. The molecule has 0 radical (unpaired) electrons. The molecule has 0 saturated carbocycles. The van der Waals surface area contributed by atoms with Gasteiger partial charge in [0.15, 0.2) is 0 Å².